The molecule has 1 aliphatic rings. The summed E-state index contributed by atoms with van der Waals surface area (Å²) in [6, 6.07) is 4.75. The van der Waals surface area contributed by atoms with Gasteiger partial charge in [0.25, 0.3) is 0 Å². The van der Waals surface area contributed by atoms with Gasteiger partial charge >= 0.3 is 0 Å². The van der Waals surface area contributed by atoms with Crippen LogP contribution in [0.3, 0.4) is 0 Å². The number of nitrogens with zero attached hydrogens (tertiary/aromatic N) is 1. The van der Waals surface area contributed by atoms with E-state index in [0.717, 1.165) is 0 Å². The lowest BCUT2D eigenvalue weighted by molar-refractivity contribution is 0.405. The smallest absolute Gasteiger partial charge is 0.243 e. The lowest BCUT2D eigenvalue weighted by atomic mass is 10.3. The van der Waals surface area contributed by atoms with E-state index in [9.17, 15) is 8.42 Å². The number of halogens is 1. The van der Waals surface area contributed by atoms with E-state index in [2.05, 4.69) is 29.8 Å². The molecule has 1 aromatic carbocycles. The fourth-order valence-electron chi connectivity index (χ4n) is 2.14. The van der Waals surface area contributed by atoms with Crippen molar-refractivity contribution in [3.8, 4) is 0 Å². The molecule has 0 aliphatic carbocycles. The molecule has 0 amide bonds. The van der Waals surface area contributed by atoms with Crippen LogP contribution < -0.4 is 5.73 Å². The average Bonchev–Trinajstić information content (AvgIpc) is 2.31. The van der Waals surface area contributed by atoms with Gasteiger partial charge in [0.1, 0.15) is 0 Å². The summed E-state index contributed by atoms with van der Waals surface area (Å²) < 4.78 is 27.4. The van der Waals surface area contributed by atoms with Crippen LogP contribution in [-0.4, -0.2) is 36.3 Å². The first kappa shape index (κ1) is 15.2. The van der Waals surface area contributed by atoms with E-state index in [1.165, 1.54) is 0 Å². The summed E-state index contributed by atoms with van der Waals surface area (Å²) in [5, 5.41) is 0.631. The van der Waals surface area contributed by atoms with Crippen LogP contribution in [-0.2, 0) is 10.0 Å². The largest absolute Gasteiger partial charge is 0.398 e. The normalized spacial score (nSPS) is 25.4. The van der Waals surface area contributed by atoms with Crippen molar-refractivity contribution in [2.45, 2.75) is 29.2 Å². The molecule has 4 nitrogen and oxygen atoms in total. The zero-order chi connectivity index (χ0) is 14.2. The number of nitrogens with two attached hydrogens (primary N) is 1. The van der Waals surface area contributed by atoms with Gasteiger partial charge in [-0.05, 0) is 34.1 Å². The van der Waals surface area contributed by atoms with Crippen LogP contribution in [0, 0.1) is 0 Å². The summed E-state index contributed by atoms with van der Waals surface area (Å²) in [5.74, 6) is 0. The maximum absolute atomic E-state index is 12.6. The van der Waals surface area contributed by atoms with Gasteiger partial charge in [-0.15, -0.1) is 0 Å². The quantitative estimate of drug-likeness (QED) is 0.819. The van der Waals surface area contributed by atoms with Gasteiger partial charge in [0, 0.05) is 33.7 Å². The second kappa shape index (κ2) is 5.63. The van der Waals surface area contributed by atoms with Crippen molar-refractivity contribution < 1.29 is 8.42 Å². The van der Waals surface area contributed by atoms with Crippen molar-refractivity contribution in [2.24, 2.45) is 0 Å². The summed E-state index contributed by atoms with van der Waals surface area (Å²) in [7, 11) is -3.43. The third-order valence-electron chi connectivity index (χ3n) is 3.00. The number of hydrogen-bond acceptors (Lipinski definition) is 4. The molecule has 106 valence electrons. The van der Waals surface area contributed by atoms with Crippen molar-refractivity contribution in [3.63, 3.8) is 0 Å². The maximum Gasteiger partial charge on any atom is 0.243 e. The van der Waals surface area contributed by atoms with Crippen molar-refractivity contribution in [2.75, 3.05) is 18.8 Å². The highest BCUT2D eigenvalue weighted by atomic mass is 79.9. The molecule has 1 heterocycles. The number of anilines is 1. The molecule has 0 aromatic heterocycles. The van der Waals surface area contributed by atoms with Crippen LogP contribution >= 0.6 is 27.7 Å². The molecule has 1 saturated heterocycles. The Morgan fingerprint density at radius 1 is 1.32 bits per heavy atom. The summed E-state index contributed by atoms with van der Waals surface area (Å²) in [6.07, 6.45) is 0. The van der Waals surface area contributed by atoms with E-state index >= 15 is 0 Å². The predicted octanol–water partition coefficient (Wildman–Crippen LogP) is 2.55. The molecule has 0 spiro atoms. The van der Waals surface area contributed by atoms with Gasteiger partial charge in [0.2, 0.25) is 10.0 Å². The van der Waals surface area contributed by atoms with E-state index in [0.29, 0.717) is 38.6 Å². The van der Waals surface area contributed by atoms with Gasteiger partial charge < -0.3 is 5.73 Å². The molecule has 2 rings (SSSR count). The standard InChI is InChI=1S/C12H17BrN2O2S2/c1-8-6-15(7-9(2)18-8)19(16,17)10-3-4-12(14)11(13)5-10/h3-5,8-9H,6-7,14H2,1-2H3. The summed E-state index contributed by atoms with van der Waals surface area (Å²) in [6.45, 7) is 5.22. The fourth-order valence-corrected chi connectivity index (χ4v) is 5.83. The minimum absolute atomic E-state index is 0.292. The van der Waals surface area contributed by atoms with Gasteiger partial charge in [0.15, 0.2) is 0 Å². The summed E-state index contributed by atoms with van der Waals surface area (Å²) in [5.41, 5.74) is 6.23. The second-order valence-corrected chi connectivity index (χ2v) is 9.44. The van der Waals surface area contributed by atoms with Gasteiger partial charge in [-0.2, -0.15) is 16.1 Å². The molecule has 1 aliphatic heterocycles. The van der Waals surface area contributed by atoms with E-state index in [4.69, 9.17) is 5.73 Å². The SMILES string of the molecule is CC1CN(S(=O)(=O)c2ccc(N)c(Br)c2)CC(C)S1. The summed E-state index contributed by atoms with van der Waals surface area (Å²) >= 11 is 5.10. The van der Waals surface area contributed by atoms with Crippen molar-refractivity contribution in [3.05, 3.63) is 22.7 Å². The first-order valence-corrected chi connectivity index (χ1v) is 9.19. The zero-order valence-corrected chi connectivity index (χ0v) is 14.1. The molecular formula is C12H17BrN2O2S2. The molecule has 0 saturated carbocycles. The number of nitrogen functional groups attached to an aromatic ring is 1. The highest BCUT2D eigenvalue weighted by molar-refractivity contribution is 9.10. The predicted molar refractivity (Wildman–Crippen MR) is 83.8 cm³/mol. The maximum atomic E-state index is 12.6. The first-order chi connectivity index (χ1) is 8.80. The highest BCUT2D eigenvalue weighted by Gasteiger charge is 2.32. The number of sulfonamides is 1. The van der Waals surface area contributed by atoms with Crippen LogP contribution in [0.2, 0.25) is 0 Å². The number of rotatable bonds is 2. The van der Waals surface area contributed by atoms with E-state index in [1.54, 1.807) is 22.5 Å². The van der Waals surface area contributed by atoms with E-state index < -0.39 is 10.0 Å². The Morgan fingerprint density at radius 3 is 2.42 bits per heavy atom. The Balaban J connectivity index is 2.33. The molecule has 7 heteroatoms. The van der Waals surface area contributed by atoms with Crippen LogP contribution in [0.5, 0.6) is 0 Å². The Kier molecular flexibility index (Phi) is 4.49. The molecule has 1 aromatic rings. The Labute approximate surface area is 126 Å². The molecule has 1 fully saturated rings. The van der Waals surface area contributed by atoms with Gasteiger partial charge in [-0.3, -0.25) is 0 Å². The van der Waals surface area contributed by atoms with E-state index in [-0.39, 0.29) is 0 Å². The molecule has 19 heavy (non-hydrogen) atoms. The third-order valence-corrected chi connectivity index (χ3v) is 6.74. The van der Waals surface area contributed by atoms with Crippen LogP contribution in [0.15, 0.2) is 27.6 Å². The first-order valence-electron chi connectivity index (χ1n) is 6.01. The lowest BCUT2D eigenvalue weighted by Gasteiger charge is -2.33. The van der Waals surface area contributed by atoms with Crippen LogP contribution in [0.4, 0.5) is 5.69 Å². The highest BCUT2D eigenvalue weighted by Crippen LogP contribution is 2.30. The monoisotopic (exact) mass is 364 g/mol. The van der Waals surface area contributed by atoms with Crippen molar-refractivity contribution >= 4 is 43.4 Å². The average molecular weight is 365 g/mol. The molecule has 0 bridgehead atoms. The van der Waals surface area contributed by atoms with Gasteiger partial charge in [0.05, 0.1) is 4.90 Å². The topological polar surface area (TPSA) is 63.4 Å². The second-order valence-electron chi connectivity index (χ2n) is 4.76. The van der Waals surface area contributed by atoms with Crippen LogP contribution in [0.25, 0.3) is 0 Å². The lowest BCUT2D eigenvalue weighted by Crippen LogP contribution is -2.43. The number of thioether (sulfide) groups is 1. The fraction of sp³-hybridized carbons (Fsp3) is 0.500. The molecule has 2 unspecified atom stereocenters. The van der Waals surface area contributed by atoms with Crippen molar-refractivity contribution in [1.29, 1.82) is 0 Å². The molecular weight excluding hydrogens is 348 g/mol. The Morgan fingerprint density at radius 2 is 1.89 bits per heavy atom. The van der Waals surface area contributed by atoms with Gasteiger partial charge in [-0.25, -0.2) is 8.42 Å². The molecule has 0 radical (unpaired) electrons. The molecule has 2 N–H and O–H groups in total. The zero-order valence-electron chi connectivity index (χ0n) is 10.8. The minimum Gasteiger partial charge on any atom is -0.398 e. The van der Waals surface area contributed by atoms with Crippen molar-refractivity contribution in [1.82, 2.24) is 4.31 Å². The van der Waals surface area contributed by atoms with Gasteiger partial charge in [-0.1, -0.05) is 13.8 Å². The Bertz CT molecular complexity index is 567. The minimum atomic E-state index is -3.43. The number of benzene rings is 1. The molecule has 2 atom stereocenters. The number of hydrogen-bond donors (Lipinski definition) is 1. The van der Waals surface area contributed by atoms with E-state index in [1.807, 2.05) is 11.8 Å². The van der Waals surface area contributed by atoms with Crippen LogP contribution in [0.1, 0.15) is 13.8 Å². The Hall–Kier alpha value is -0.240. The third kappa shape index (κ3) is 3.26. The summed E-state index contributed by atoms with van der Waals surface area (Å²) in [4.78, 5) is 0.292.